The van der Waals surface area contributed by atoms with E-state index in [9.17, 15) is 8.42 Å². The molecule has 0 radical (unpaired) electrons. The molecule has 0 aromatic carbocycles. The van der Waals surface area contributed by atoms with Crippen LogP contribution in [0, 0.1) is 0 Å². The average molecular weight is 330 g/mol. The predicted molar refractivity (Wildman–Crippen MR) is 81.2 cm³/mol. The number of hydrogen-bond acceptors (Lipinski definition) is 7. The zero-order chi connectivity index (χ0) is 14.9. The maximum Gasteiger partial charge on any atom is 0.231 e. The van der Waals surface area contributed by atoms with Gasteiger partial charge in [0.2, 0.25) is 17.2 Å². The molecule has 21 heavy (non-hydrogen) atoms. The van der Waals surface area contributed by atoms with E-state index in [1.54, 1.807) is 6.08 Å². The van der Waals surface area contributed by atoms with Gasteiger partial charge >= 0.3 is 0 Å². The van der Waals surface area contributed by atoms with Crippen molar-refractivity contribution in [2.24, 2.45) is 0 Å². The van der Waals surface area contributed by atoms with Gasteiger partial charge in [0.15, 0.2) is 9.84 Å². The Kier molecular flexibility index (Phi) is 3.99. The van der Waals surface area contributed by atoms with E-state index in [1.165, 1.54) is 11.8 Å². The Labute approximate surface area is 128 Å². The van der Waals surface area contributed by atoms with Crippen molar-refractivity contribution < 1.29 is 8.42 Å². The van der Waals surface area contributed by atoms with E-state index in [-0.39, 0.29) is 17.1 Å². The van der Waals surface area contributed by atoms with Crippen LogP contribution in [0.3, 0.4) is 0 Å². The summed E-state index contributed by atoms with van der Waals surface area (Å²) >= 11 is 5.95. The molecule has 1 saturated heterocycles. The lowest BCUT2D eigenvalue weighted by Gasteiger charge is -2.26. The quantitative estimate of drug-likeness (QED) is 0.892. The molecule has 0 aliphatic carbocycles. The van der Waals surface area contributed by atoms with Crippen LogP contribution in [-0.2, 0) is 9.84 Å². The molecule has 0 saturated carbocycles. The molecule has 1 atom stereocenters. The van der Waals surface area contributed by atoms with Crippen molar-refractivity contribution in [1.82, 2.24) is 15.0 Å². The molecule has 1 aromatic heterocycles. The van der Waals surface area contributed by atoms with E-state index in [0.717, 1.165) is 25.9 Å². The minimum Gasteiger partial charge on any atom is -0.347 e. The van der Waals surface area contributed by atoms with E-state index < -0.39 is 9.84 Å². The summed E-state index contributed by atoms with van der Waals surface area (Å²) in [6, 6.07) is -0.331. The van der Waals surface area contributed by atoms with Crippen molar-refractivity contribution in [2.75, 3.05) is 29.1 Å². The van der Waals surface area contributed by atoms with Crippen molar-refractivity contribution >= 4 is 33.3 Å². The van der Waals surface area contributed by atoms with E-state index in [2.05, 4.69) is 25.2 Å². The fourth-order valence-electron chi connectivity index (χ4n) is 2.47. The van der Waals surface area contributed by atoms with Crippen LogP contribution in [0.5, 0.6) is 0 Å². The maximum atomic E-state index is 11.4. The number of aromatic nitrogens is 3. The Hall–Kier alpha value is -1.41. The Morgan fingerprint density at radius 2 is 1.95 bits per heavy atom. The minimum absolute atomic E-state index is 0.00928. The fourth-order valence-corrected chi connectivity index (χ4v) is 3.86. The van der Waals surface area contributed by atoms with Crippen molar-refractivity contribution in [2.45, 2.75) is 25.3 Å². The van der Waals surface area contributed by atoms with Gasteiger partial charge in [-0.2, -0.15) is 15.0 Å². The number of nitrogens with one attached hydrogen (secondary N) is 1. The molecule has 7 nitrogen and oxygen atoms in total. The van der Waals surface area contributed by atoms with Crippen molar-refractivity contribution in [3.63, 3.8) is 0 Å². The molecule has 0 bridgehead atoms. The largest absolute Gasteiger partial charge is 0.347 e. The molecule has 3 rings (SSSR count). The van der Waals surface area contributed by atoms with Crippen LogP contribution in [-0.4, -0.2) is 48.3 Å². The molecule has 9 heteroatoms. The van der Waals surface area contributed by atoms with E-state index >= 15 is 0 Å². The summed E-state index contributed by atoms with van der Waals surface area (Å²) in [6.45, 7) is 1.80. The second-order valence-corrected chi connectivity index (χ2v) is 7.45. The zero-order valence-corrected chi connectivity index (χ0v) is 12.9. The molecule has 1 unspecified atom stereocenters. The number of anilines is 2. The number of sulfone groups is 1. The molecule has 114 valence electrons. The first-order chi connectivity index (χ1) is 10.0. The second kappa shape index (κ2) is 5.76. The first kappa shape index (κ1) is 14.5. The summed E-state index contributed by atoms with van der Waals surface area (Å²) in [7, 11) is -3.11. The number of halogens is 1. The van der Waals surface area contributed by atoms with Gasteiger partial charge in [0.25, 0.3) is 0 Å². The van der Waals surface area contributed by atoms with Crippen molar-refractivity contribution in [1.29, 1.82) is 0 Å². The Bertz CT molecular complexity index is 658. The number of hydrogen-bond donors (Lipinski definition) is 1. The van der Waals surface area contributed by atoms with Gasteiger partial charge in [-0.05, 0) is 36.9 Å². The smallest absolute Gasteiger partial charge is 0.231 e. The van der Waals surface area contributed by atoms with Gasteiger partial charge in [0.05, 0.1) is 11.8 Å². The summed E-state index contributed by atoms with van der Waals surface area (Å²) < 4.78 is 22.8. The summed E-state index contributed by atoms with van der Waals surface area (Å²) in [5, 5.41) is 4.29. The van der Waals surface area contributed by atoms with Crippen molar-refractivity contribution in [3.8, 4) is 0 Å². The lowest BCUT2D eigenvalue weighted by molar-refractivity contribution is 0.567. The third kappa shape index (κ3) is 3.62. The second-order valence-electron chi connectivity index (χ2n) is 5.18. The summed E-state index contributed by atoms with van der Waals surface area (Å²) in [6.07, 6.45) is 5.02. The molecular formula is C12H16ClN5O2S. The van der Waals surface area contributed by atoms with Crippen LogP contribution in [0.2, 0.25) is 5.28 Å². The number of nitrogens with zero attached hydrogens (tertiary/aromatic N) is 4. The highest BCUT2D eigenvalue weighted by atomic mass is 35.5. The normalized spacial score (nSPS) is 24.2. The molecule has 0 amide bonds. The monoisotopic (exact) mass is 329 g/mol. The van der Waals surface area contributed by atoms with Crippen LogP contribution >= 0.6 is 11.6 Å². The summed E-state index contributed by atoms with van der Waals surface area (Å²) in [5.41, 5.74) is 0. The van der Waals surface area contributed by atoms with E-state index in [0.29, 0.717) is 11.9 Å². The van der Waals surface area contributed by atoms with Gasteiger partial charge in [-0.3, -0.25) is 0 Å². The van der Waals surface area contributed by atoms with Crippen LogP contribution < -0.4 is 10.2 Å². The Morgan fingerprint density at radius 3 is 2.62 bits per heavy atom. The summed E-state index contributed by atoms with van der Waals surface area (Å²) in [5.74, 6) is 0.861. The fraction of sp³-hybridized carbons (Fsp3) is 0.583. The molecule has 1 fully saturated rings. The molecule has 1 aromatic rings. The van der Waals surface area contributed by atoms with Gasteiger partial charge in [-0.15, -0.1) is 0 Å². The number of rotatable bonds is 3. The average Bonchev–Trinajstić information content (AvgIpc) is 2.78. The molecule has 1 N–H and O–H groups in total. The summed E-state index contributed by atoms with van der Waals surface area (Å²) in [4.78, 5) is 14.6. The van der Waals surface area contributed by atoms with Gasteiger partial charge in [-0.25, -0.2) is 8.42 Å². The van der Waals surface area contributed by atoms with E-state index in [4.69, 9.17) is 11.6 Å². The maximum absolute atomic E-state index is 11.4. The first-order valence-electron chi connectivity index (χ1n) is 6.86. The standard InChI is InChI=1S/C12H16ClN5O2S/c13-10-15-11(14-9-4-7-21(19,20)8-9)17-12(16-10)18-5-2-1-3-6-18/h4,7,9H,1-3,5-6,8H2,(H,14,15,16,17). The highest BCUT2D eigenvalue weighted by Gasteiger charge is 2.23. The minimum atomic E-state index is -3.11. The predicted octanol–water partition coefficient (Wildman–Crippen LogP) is 1.24. The van der Waals surface area contributed by atoms with Crippen LogP contribution in [0.4, 0.5) is 11.9 Å². The van der Waals surface area contributed by atoms with Gasteiger partial charge in [0.1, 0.15) is 0 Å². The topological polar surface area (TPSA) is 88.1 Å². The Morgan fingerprint density at radius 1 is 1.19 bits per heavy atom. The highest BCUT2D eigenvalue weighted by Crippen LogP contribution is 2.20. The van der Waals surface area contributed by atoms with Crippen LogP contribution in [0.1, 0.15) is 19.3 Å². The molecule has 2 aliphatic rings. The number of piperidine rings is 1. The highest BCUT2D eigenvalue weighted by molar-refractivity contribution is 7.94. The van der Waals surface area contributed by atoms with Gasteiger partial charge in [-0.1, -0.05) is 0 Å². The molecule has 2 aliphatic heterocycles. The third-order valence-corrected chi connectivity index (χ3v) is 5.04. The van der Waals surface area contributed by atoms with Gasteiger partial charge < -0.3 is 10.2 Å². The third-order valence-electron chi connectivity index (χ3n) is 3.48. The van der Waals surface area contributed by atoms with Crippen molar-refractivity contribution in [3.05, 3.63) is 16.8 Å². The molecule has 0 spiro atoms. The lowest BCUT2D eigenvalue weighted by atomic mass is 10.1. The first-order valence-corrected chi connectivity index (χ1v) is 8.95. The van der Waals surface area contributed by atoms with Crippen LogP contribution in [0.25, 0.3) is 0 Å². The molecular weight excluding hydrogens is 314 g/mol. The zero-order valence-electron chi connectivity index (χ0n) is 11.4. The molecule has 3 heterocycles. The lowest BCUT2D eigenvalue weighted by Crippen LogP contribution is -2.31. The van der Waals surface area contributed by atoms with E-state index in [1.807, 2.05) is 0 Å². The SMILES string of the molecule is O=S1(=O)C=CC(Nc2nc(Cl)nc(N3CCCCC3)n2)C1. The Balaban J connectivity index is 1.76. The van der Waals surface area contributed by atoms with Crippen LogP contribution in [0.15, 0.2) is 11.5 Å². The van der Waals surface area contributed by atoms with Gasteiger partial charge in [0, 0.05) is 18.5 Å².